The molecule has 0 saturated heterocycles. The first-order valence-corrected chi connectivity index (χ1v) is 8.52. The third-order valence-electron chi connectivity index (χ3n) is 4.53. The molecule has 0 amide bonds. The first-order valence-electron chi connectivity index (χ1n) is 8.52. The molecule has 3 aromatic rings. The molecule has 0 spiro atoms. The summed E-state index contributed by atoms with van der Waals surface area (Å²) in [5, 5.41) is 29.2. The second-order valence-electron chi connectivity index (χ2n) is 6.36. The summed E-state index contributed by atoms with van der Waals surface area (Å²) in [6.45, 7) is 2.06. The Morgan fingerprint density at radius 3 is 2.37 bits per heavy atom. The van der Waals surface area contributed by atoms with Gasteiger partial charge >= 0.3 is 0 Å². The zero-order chi connectivity index (χ0) is 19.4. The van der Waals surface area contributed by atoms with Crippen LogP contribution < -0.4 is 5.73 Å². The van der Waals surface area contributed by atoms with Crippen LogP contribution >= 0.6 is 0 Å². The average molecular weight is 354 g/mol. The Hall–Kier alpha value is -3.83. The van der Waals surface area contributed by atoms with Crippen molar-refractivity contribution in [3.63, 3.8) is 0 Å². The molecule has 2 aromatic carbocycles. The monoisotopic (exact) mass is 354 g/mol. The molecule has 0 radical (unpaired) electrons. The van der Waals surface area contributed by atoms with Crippen molar-refractivity contribution in [2.45, 2.75) is 19.3 Å². The van der Waals surface area contributed by atoms with Crippen LogP contribution in [-0.2, 0) is 6.42 Å². The third-order valence-corrected chi connectivity index (χ3v) is 4.53. The van der Waals surface area contributed by atoms with E-state index in [4.69, 9.17) is 5.73 Å². The summed E-state index contributed by atoms with van der Waals surface area (Å²) in [7, 11) is 0. The Bertz CT molecular complexity index is 1060. The Labute approximate surface area is 158 Å². The van der Waals surface area contributed by atoms with Crippen LogP contribution in [0.3, 0.4) is 0 Å². The molecule has 1 atom stereocenters. The van der Waals surface area contributed by atoms with Crippen molar-refractivity contribution in [2.24, 2.45) is 0 Å². The molecule has 0 aliphatic rings. The van der Waals surface area contributed by atoms with E-state index in [1.807, 2.05) is 36.4 Å². The molecule has 1 aromatic heterocycles. The number of nitrogens with zero attached hydrogens (tertiary/aromatic N) is 3. The maximum Gasteiger partial charge on any atom is 0.142 e. The average Bonchev–Trinajstić information content (AvgIpc) is 2.68. The Kier molecular flexibility index (Phi) is 5.06. The highest BCUT2D eigenvalue weighted by molar-refractivity contribution is 5.81. The summed E-state index contributed by atoms with van der Waals surface area (Å²) in [4.78, 5) is 4.36. The van der Waals surface area contributed by atoms with E-state index in [0.717, 1.165) is 5.56 Å². The SMILES string of the molecule is CC(Cc1nc(N)c(C#N)c(-c2cccc(O)c2)c1C#N)c1ccccc1. The summed E-state index contributed by atoms with van der Waals surface area (Å²) in [6, 6.07) is 20.6. The van der Waals surface area contributed by atoms with Crippen molar-refractivity contribution >= 4 is 5.82 Å². The molecule has 1 heterocycles. The molecule has 27 heavy (non-hydrogen) atoms. The van der Waals surface area contributed by atoms with Gasteiger partial charge in [0.15, 0.2) is 0 Å². The largest absolute Gasteiger partial charge is 0.508 e. The third kappa shape index (κ3) is 3.58. The van der Waals surface area contributed by atoms with Crippen LogP contribution in [0.25, 0.3) is 11.1 Å². The molecule has 3 rings (SSSR count). The van der Waals surface area contributed by atoms with E-state index in [0.29, 0.717) is 28.8 Å². The van der Waals surface area contributed by atoms with E-state index in [1.54, 1.807) is 12.1 Å². The van der Waals surface area contributed by atoms with Gasteiger partial charge in [0.2, 0.25) is 0 Å². The van der Waals surface area contributed by atoms with Gasteiger partial charge in [0.05, 0.1) is 11.3 Å². The van der Waals surface area contributed by atoms with Crippen molar-refractivity contribution in [1.29, 1.82) is 10.5 Å². The Balaban J connectivity index is 2.17. The van der Waals surface area contributed by atoms with Crippen LogP contribution in [0.1, 0.15) is 35.2 Å². The number of pyridine rings is 1. The van der Waals surface area contributed by atoms with Crippen LogP contribution in [0, 0.1) is 22.7 Å². The normalized spacial score (nSPS) is 11.4. The van der Waals surface area contributed by atoms with E-state index in [1.165, 1.54) is 12.1 Å². The predicted molar refractivity (Wildman–Crippen MR) is 104 cm³/mol. The van der Waals surface area contributed by atoms with E-state index < -0.39 is 0 Å². The summed E-state index contributed by atoms with van der Waals surface area (Å²) < 4.78 is 0. The highest BCUT2D eigenvalue weighted by Crippen LogP contribution is 2.34. The molecule has 0 aliphatic heterocycles. The lowest BCUT2D eigenvalue weighted by molar-refractivity contribution is 0.475. The lowest BCUT2D eigenvalue weighted by Crippen LogP contribution is -2.09. The van der Waals surface area contributed by atoms with E-state index >= 15 is 0 Å². The fourth-order valence-corrected chi connectivity index (χ4v) is 3.18. The molecular weight excluding hydrogens is 336 g/mol. The van der Waals surface area contributed by atoms with Crippen LogP contribution in [0.5, 0.6) is 5.75 Å². The molecule has 5 nitrogen and oxygen atoms in total. The number of nitrogen functional groups attached to an aromatic ring is 1. The van der Waals surface area contributed by atoms with Crippen molar-refractivity contribution in [1.82, 2.24) is 4.98 Å². The fourth-order valence-electron chi connectivity index (χ4n) is 3.18. The highest BCUT2D eigenvalue weighted by atomic mass is 16.3. The smallest absolute Gasteiger partial charge is 0.142 e. The quantitative estimate of drug-likeness (QED) is 0.732. The minimum Gasteiger partial charge on any atom is -0.508 e. The van der Waals surface area contributed by atoms with Crippen molar-refractivity contribution in [2.75, 3.05) is 5.73 Å². The topological polar surface area (TPSA) is 107 Å². The van der Waals surface area contributed by atoms with Gasteiger partial charge in [-0.05, 0) is 35.6 Å². The summed E-state index contributed by atoms with van der Waals surface area (Å²) in [5.74, 6) is 0.259. The lowest BCUT2D eigenvalue weighted by atomic mass is 9.89. The number of phenols is 1. The van der Waals surface area contributed by atoms with Crippen LogP contribution in [0.15, 0.2) is 54.6 Å². The van der Waals surface area contributed by atoms with Crippen LogP contribution in [0.2, 0.25) is 0 Å². The molecule has 0 fully saturated rings. The molecule has 132 valence electrons. The highest BCUT2D eigenvalue weighted by Gasteiger charge is 2.21. The Morgan fingerprint density at radius 2 is 1.74 bits per heavy atom. The van der Waals surface area contributed by atoms with Crippen molar-refractivity contribution in [3.05, 3.63) is 77.0 Å². The maximum atomic E-state index is 9.82. The first kappa shape index (κ1) is 18.0. The van der Waals surface area contributed by atoms with E-state index in [9.17, 15) is 15.6 Å². The van der Waals surface area contributed by atoms with E-state index in [2.05, 4.69) is 18.0 Å². The number of hydrogen-bond donors (Lipinski definition) is 2. The van der Waals surface area contributed by atoms with Crippen LogP contribution in [0.4, 0.5) is 5.82 Å². The molecule has 0 saturated carbocycles. The van der Waals surface area contributed by atoms with Gasteiger partial charge in [-0.1, -0.05) is 49.4 Å². The number of rotatable bonds is 4. The number of nitriles is 2. The molecule has 1 unspecified atom stereocenters. The summed E-state index contributed by atoms with van der Waals surface area (Å²) in [5.41, 5.74) is 9.15. The van der Waals surface area contributed by atoms with Gasteiger partial charge in [-0.3, -0.25) is 0 Å². The van der Waals surface area contributed by atoms with Gasteiger partial charge in [0.1, 0.15) is 29.3 Å². The van der Waals surface area contributed by atoms with E-state index in [-0.39, 0.29) is 23.0 Å². The molecule has 0 aliphatic carbocycles. The number of nitrogens with two attached hydrogens (primary N) is 1. The number of hydrogen-bond acceptors (Lipinski definition) is 5. The number of phenolic OH excluding ortho intramolecular Hbond substituents is 1. The molecular formula is C22H18N4O. The van der Waals surface area contributed by atoms with Gasteiger partial charge in [-0.25, -0.2) is 4.98 Å². The van der Waals surface area contributed by atoms with Gasteiger partial charge in [-0.15, -0.1) is 0 Å². The first-order chi connectivity index (χ1) is 13.0. The van der Waals surface area contributed by atoms with Crippen molar-refractivity contribution in [3.8, 4) is 29.0 Å². The number of aromatic hydroxyl groups is 1. The lowest BCUT2D eigenvalue weighted by Gasteiger charge is -2.16. The zero-order valence-corrected chi connectivity index (χ0v) is 14.8. The molecule has 0 bridgehead atoms. The number of aromatic nitrogens is 1. The minimum absolute atomic E-state index is 0.0508. The number of benzene rings is 2. The molecule has 5 heteroatoms. The maximum absolute atomic E-state index is 9.82. The number of anilines is 1. The predicted octanol–water partition coefficient (Wildman–Crippen LogP) is 4.13. The summed E-state index contributed by atoms with van der Waals surface area (Å²) in [6.07, 6.45) is 0.509. The standard InChI is InChI=1S/C22H18N4O/c1-14(15-6-3-2-4-7-15)10-20-18(12-23)21(19(13-24)22(25)26-20)16-8-5-9-17(27)11-16/h2-9,11,14,27H,10H2,1H3,(H2,25,26). The zero-order valence-electron chi connectivity index (χ0n) is 14.8. The van der Waals surface area contributed by atoms with Crippen molar-refractivity contribution < 1.29 is 5.11 Å². The Morgan fingerprint density at radius 1 is 1.04 bits per heavy atom. The molecule has 3 N–H and O–H groups in total. The minimum atomic E-state index is 0.0508. The van der Waals surface area contributed by atoms with Gasteiger partial charge in [0.25, 0.3) is 0 Å². The second-order valence-corrected chi connectivity index (χ2v) is 6.36. The summed E-state index contributed by atoms with van der Waals surface area (Å²) >= 11 is 0. The van der Waals surface area contributed by atoms with Crippen LogP contribution in [-0.4, -0.2) is 10.1 Å². The second kappa shape index (κ2) is 7.59. The van der Waals surface area contributed by atoms with Gasteiger partial charge < -0.3 is 10.8 Å². The van der Waals surface area contributed by atoms with Gasteiger partial charge in [-0.2, -0.15) is 10.5 Å². The fraction of sp³-hybridized carbons (Fsp3) is 0.136. The van der Waals surface area contributed by atoms with Gasteiger partial charge in [0, 0.05) is 5.56 Å².